The summed E-state index contributed by atoms with van der Waals surface area (Å²) in [6.45, 7) is 8.01. The third kappa shape index (κ3) is 2.55. The molecule has 5 heteroatoms. The molecule has 0 amide bonds. The zero-order chi connectivity index (χ0) is 11.5. The van der Waals surface area contributed by atoms with E-state index in [4.69, 9.17) is 9.15 Å². The van der Waals surface area contributed by atoms with Crippen molar-refractivity contribution >= 4 is 5.97 Å². The summed E-state index contributed by atoms with van der Waals surface area (Å²) < 4.78 is 10.0. The van der Waals surface area contributed by atoms with E-state index < -0.39 is 5.97 Å². The molecule has 1 heterocycles. The van der Waals surface area contributed by atoms with Gasteiger partial charge in [-0.05, 0) is 13.3 Å². The predicted molar refractivity (Wildman–Crippen MR) is 53.6 cm³/mol. The minimum Gasteiger partial charge on any atom is -0.459 e. The summed E-state index contributed by atoms with van der Waals surface area (Å²) in [5, 5.41) is 7.50. The van der Waals surface area contributed by atoms with Gasteiger partial charge in [-0.2, -0.15) is 0 Å². The Morgan fingerprint density at radius 1 is 1.40 bits per heavy atom. The summed E-state index contributed by atoms with van der Waals surface area (Å²) >= 11 is 0. The third-order valence-corrected chi connectivity index (χ3v) is 2.34. The minimum atomic E-state index is -0.567. The van der Waals surface area contributed by atoms with Gasteiger partial charge in [0.1, 0.15) is 0 Å². The molecular formula is C10H16N2O3. The Hall–Kier alpha value is -1.39. The molecule has 0 aliphatic rings. The quantitative estimate of drug-likeness (QED) is 0.713. The number of aromatic nitrogens is 2. The van der Waals surface area contributed by atoms with Crippen molar-refractivity contribution in [1.29, 1.82) is 0 Å². The Bertz CT molecular complexity index is 344. The van der Waals surface area contributed by atoms with E-state index in [2.05, 4.69) is 10.2 Å². The van der Waals surface area contributed by atoms with Gasteiger partial charge in [0.15, 0.2) is 0 Å². The van der Waals surface area contributed by atoms with Crippen molar-refractivity contribution in [3.05, 3.63) is 11.8 Å². The maximum atomic E-state index is 11.3. The van der Waals surface area contributed by atoms with Crippen molar-refractivity contribution in [3.8, 4) is 0 Å². The monoisotopic (exact) mass is 212 g/mol. The van der Waals surface area contributed by atoms with Gasteiger partial charge in [-0.1, -0.05) is 20.8 Å². The van der Waals surface area contributed by atoms with Crippen molar-refractivity contribution < 1.29 is 13.9 Å². The number of hydrogen-bond acceptors (Lipinski definition) is 5. The first-order chi connectivity index (χ1) is 7.01. The van der Waals surface area contributed by atoms with Gasteiger partial charge in [-0.3, -0.25) is 0 Å². The molecule has 15 heavy (non-hydrogen) atoms. The summed E-state index contributed by atoms with van der Waals surface area (Å²) in [6.07, 6.45) is 0.859. The lowest BCUT2D eigenvalue weighted by Crippen LogP contribution is -2.15. The number of rotatable bonds is 4. The first-order valence-corrected chi connectivity index (χ1v) is 5.02. The van der Waals surface area contributed by atoms with E-state index in [9.17, 15) is 4.79 Å². The number of hydrogen-bond donors (Lipinski definition) is 0. The number of nitrogens with zero attached hydrogens (tertiary/aromatic N) is 2. The van der Waals surface area contributed by atoms with Crippen LogP contribution in [0.15, 0.2) is 4.42 Å². The Morgan fingerprint density at radius 2 is 2.07 bits per heavy atom. The molecule has 0 radical (unpaired) electrons. The van der Waals surface area contributed by atoms with Gasteiger partial charge in [0.25, 0.3) is 0 Å². The maximum Gasteiger partial charge on any atom is 0.396 e. The normalized spacial score (nSPS) is 11.5. The van der Waals surface area contributed by atoms with Gasteiger partial charge in [0.05, 0.1) is 6.61 Å². The number of ether oxygens (including phenoxy) is 1. The van der Waals surface area contributed by atoms with Crippen LogP contribution in [-0.4, -0.2) is 22.8 Å². The molecule has 84 valence electrons. The summed E-state index contributed by atoms with van der Waals surface area (Å²) in [5.41, 5.74) is -0.211. The molecule has 0 saturated heterocycles. The molecule has 1 aromatic heterocycles. The van der Waals surface area contributed by atoms with Crippen molar-refractivity contribution in [1.82, 2.24) is 10.2 Å². The van der Waals surface area contributed by atoms with E-state index in [0.717, 1.165) is 6.42 Å². The van der Waals surface area contributed by atoms with Gasteiger partial charge < -0.3 is 9.15 Å². The van der Waals surface area contributed by atoms with Crippen LogP contribution in [0, 0.1) is 0 Å². The Balaban J connectivity index is 2.85. The molecule has 0 aliphatic carbocycles. The third-order valence-electron chi connectivity index (χ3n) is 2.34. The Morgan fingerprint density at radius 3 is 2.60 bits per heavy atom. The standard InChI is InChI=1S/C10H16N2O3/c1-5-10(3,4)9-12-11-7(15-9)8(13)14-6-2/h5-6H2,1-4H3. The van der Waals surface area contributed by atoms with Crippen LogP contribution < -0.4 is 0 Å². The first kappa shape index (κ1) is 11.7. The van der Waals surface area contributed by atoms with E-state index in [0.29, 0.717) is 12.5 Å². The van der Waals surface area contributed by atoms with E-state index in [-0.39, 0.29) is 11.3 Å². The summed E-state index contributed by atoms with van der Waals surface area (Å²) in [5.74, 6) is -0.176. The SMILES string of the molecule is CCOC(=O)c1nnc(C(C)(C)CC)o1. The molecule has 0 atom stereocenters. The van der Waals surface area contributed by atoms with Gasteiger partial charge >= 0.3 is 11.9 Å². The van der Waals surface area contributed by atoms with Crippen LogP contribution in [-0.2, 0) is 10.2 Å². The van der Waals surface area contributed by atoms with Crippen LogP contribution in [0.2, 0.25) is 0 Å². The highest BCUT2D eigenvalue weighted by atomic mass is 16.5. The molecule has 0 aromatic carbocycles. The van der Waals surface area contributed by atoms with Crippen molar-refractivity contribution in [2.45, 2.75) is 39.5 Å². The van der Waals surface area contributed by atoms with Gasteiger partial charge in [0, 0.05) is 5.41 Å². The van der Waals surface area contributed by atoms with Crippen LogP contribution in [0.5, 0.6) is 0 Å². The van der Waals surface area contributed by atoms with Crippen LogP contribution in [0.3, 0.4) is 0 Å². The molecule has 1 aromatic rings. The first-order valence-electron chi connectivity index (χ1n) is 5.02. The number of carbonyl (C=O) groups is 1. The molecule has 0 saturated carbocycles. The number of esters is 1. The fourth-order valence-corrected chi connectivity index (χ4v) is 0.923. The fraction of sp³-hybridized carbons (Fsp3) is 0.700. The highest BCUT2D eigenvalue weighted by Gasteiger charge is 2.27. The summed E-state index contributed by atoms with van der Waals surface area (Å²) in [4.78, 5) is 11.3. The molecule has 0 fully saturated rings. The van der Waals surface area contributed by atoms with Crippen molar-refractivity contribution in [2.24, 2.45) is 0 Å². The topological polar surface area (TPSA) is 65.2 Å². The zero-order valence-corrected chi connectivity index (χ0v) is 9.53. The van der Waals surface area contributed by atoms with Gasteiger partial charge in [-0.25, -0.2) is 4.79 Å². The van der Waals surface area contributed by atoms with E-state index >= 15 is 0 Å². The Labute approximate surface area is 88.8 Å². The lowest BCUT2D eigenvalue weighted by atomic mass is 9.90. The van der Waals surface area contributed by atoms with Crippen molar-refractivity contribution in [2.75, 3.05) is 6.61 Å². The zero-order valence-electron chi connectivity index (χ0n) is 9.53. The smallest absolute Gasteiger partial charge is 0.396 e. The molecule has 0 unspecified atom stereocenters. The minimum absolute atomic E-state index is 0.0756. The number of carbonyl (C=O) groups excluding carboxylic acids is 1. The largest absolute Gasteiger partial charge is 0.459 e. The maximum absolute atomic E-state index is 11.3. The molecule has 0 aliphatic heterocycles. The lowest BCUT2D eigenvalue weighted by molar-refractivity contribution is 0.0476. The molecule has 1 rings (SSSR count). The predicted octanol–water partition coefficient (Wildman–Crippen LogP) is 1.93. The highest BCUT2D eigenvalue weighted by Crippen LogP contribution is 2.25. The fourth-order valence-electron chi connectivity index (χ4n) is 0.923. The van der Waals surface area contributed by atoms with E-state index in [1.807, 2.05) is 20.8 Å². The van der Waals surface area contributed by atoms with Crippen LogP contribution in [0.1, 0.15) is 50.7 Å². The van der Waals surface area contributed by atoms with Crippen LogP contribution >= 0.6 is 0 Å². The average molecular weight is 212 g/mol. The summed E-state index contributed by atoms with van der Waals surface area (Å²) in [7, 11) is 0. The molecule has 0 spiro atoms. The molecule has 0 bridgehead atoms. The molecule has 5 nitrogen and oxygen atoms in total. The van der Waals surface area contributed by atoms with Gasteiger partial charge in [0.2, 0.25) is 5.89 Å². The Kier molecular flexibility index (Phi) is 3.44. The van der Waals surface area contributed by atoms with Crippen LogP contribution in [0.25, 0.3) is 0 Å². The molecule has 0 N–H and O–H groups in total. The van der Waals surface area contributed by atoms with Crippen LogP contribution in [0.4, 0.5) is 0 Å². The van der Waals surface area contributed by atoms with Gasteiger partial charge in [-0.15, -0.1) is 10.2 Å². The second-order valence-corrected chi connectivity index (χ2v) is 3.87. The average Bonchev–Trinajstić information content (AvgIpc) is 2.67. The second kappa shape index (κ2) is 4.42. The van der Waals surface area contributed by atoms with Crippen molar-refractivity contribution in [3.63, 3.8) is 0 Å². The van der Waals surface area contributed by atoms with E-state index in [1.54, 1.807) is 6.92 Å². The lowest BCUT2D eigenvalue weighted by Gasteiger charge is -2.16. The summed E-state index contributed by atoms with van der Waals surface area (Å²) in [6, 6.07) is 0. The highest BCUT2D eigenvalue weighted by molar-refractivity contribution is 5.83. The molecular weight excluding hydrogens is 196 g/mol. The second-order valence-electron chi connectivity index (χ2n) is 3.87. The van der Waals surface area contributed by atoms with E-state index in [1.165, 1.54) is 0 Å².